The third-order valence-electron chi connectivity index (χ3n) is 9.73. The van der Waals surface area contributed by atoms with Crippen LogP contribution in [-0.2, 0) is 25.7 Å². The normalized spacial score (nSPS) is 12.5. The molecule has 7 nitrogen and oxygen atoms in total. The molecule has 0 unspecified atom stereocenters. The van der Waals surface area contributed by atoms with Gasteiger partial charge in [0.2, 0.25) is 0 Å². The number of amides is 2. The molecule has 58 heavy (non-hydrogen) atoms. The highest BCUT2D eigenvalue weighted by molar-refractivity contribution is 7.17. The van der Waals surface area contributed by atoms with Crippen molar-refractivity contribution < 1.29 is 27.2 Å². The fourth-order valence-electron chi connectivity index (χ4n) is 6.94. The zero-order valence-corrected chi connectivity index (χ0v) is 33.3. The molecule has 0 saturated heterocycles. The zero-order valence-electron chi connectivity index (χ0n) is 30.9. The summed E-state index contributed by atoms with van der Waals surface area (Å²) in [6.07, 6.45) is 7.03. The lowest BCUT2D eigenvalue weighted by Gasteiger charge is -2.09. The minimum atomic E-state index is -0.822. The second kappa shape index (κ2) is 17.4. The van der Waals surface area contributed by atoms with E-state index in [9.17, 15) is 27.2 Å². The highest BCUT2D eigenvalue weighted by Crippen LogP contribution is 2.40. The van der Waals surface area contributed by atoms with Gasteiger partial charge in [0.15, 0.2) is 10.0 Å². The van der Waals surface area contributed by atoms with Gasteiger partial charge in [-0.15, -0.1) is 35.1 Å². The molecule has 0 radical (unpaired) electrons. The van der Waals surface area contributed by atoms with Gasteiger partial charge in [-0.1, -0.05) is 54.1 Å². The SMILES string of the molecule is Cc1ccc2c(c1)-c1sc(C(=O)Nc3c(F)cccc3F)nc1CCC2.Cl.O=C(Nc1c(F)cccc1F)c1nc2c(s1)-c1cc(-c3ccccn3)ccc1CCC2. The molecule has 4 aromatic carbocycles. The summed E-state index contributed by atoms with van der Waals surface area (Å²) in [5.41, 5.74) is 8.36. The van der Waals surface area contributed by atoms with E-state index in [4.69, 9.17) is 0 Å². The van der Waals surface area contributed by atoms with Crippen molar-refractivity contribution in [1.29, 1.82) is 0 Å². The number of aryl methyl sites for hydroxylation is 5. The van der Waals surface area contributed by atoms with Crippen LogP contribution < -0.4 is 10.6 Å². The number of hydrogen-bond acceptors (Lipinski definition) is 7. The van der Waals surface area contributed by atoms with Crippen molar-refractivity contribution in [3.8, 4) is 32.1 Å². The van der Waals surface area contributed by atoms with Crippen LogP contribution in [0.2, 0.25) is 0 Å². The number of nitrogens with zero attached hydrogens (tertiary/aromatic N) is 3. The lowest BCUT2D eigenvalue weighted by molar-refractivity contribution is 0.101. The minimum Gasteiger partial charge on any atom is -0.315 e. The molecule has 2 aliphatic rings. The Morgan fingerprint density at radius 2 is 1.10 bits per heavy atom. The van der Waals surface area contributed by atoms with Gasteiger partial charge in [0.25, 0.3) is 11.8 Å². The molecule has 3 heterocycles. The Balaban J connectivity index is 0.000000176. The molecule has 0 spiro atoms. The van der Waals surface area contributed by atoms with Crippen molar-refractivity contribution in [3.63, 3.8) is 0 Å². The molecule has 2 aliphatic carbocycles. The van der Waals surface area contributed by atoms with Gasteiger partial charge in [0.1, 0.15) is 34.6 Å². The summed E-state index contributed by atoms with van der Waals surface area (Å²) in [6.45, 7) is 2.03. The van der Waals surface area contributed by atoms with Crippen LogP contribution in [0.15, 0.2) is 97.2 Å². The van der Waals surface area contributed by atoms with E-state index in [1.54, 1.807) is 6.20 Å². The van der Waals surface area contributed by atoms with Gasteiger partial charge in [-0.2, -0.15) is 0 Å². The Morgan fingerprint density at radius 1 is 0.603 bits per heavy atom. The Labute approximate surface area is 345 Å². The van der Waals surface area contributed by atoms with Crippen molar-refractivity contribution in [1.82, 2.24) is 15.0 Å². The monoisotopic (exact) mass is 839 g/mol. The maximum absolute atomic E-state index is 13.9. The Kier molecular flexibility index (Phi) is 12.1. The van der Waals surface area contributed by atoms with E-state index in [2.05, 4.69) is 62.0 Å². The fraction of sp³-hybridized carbons (Fsp3) is 0.159. The zero-order chi connectivity index (χ0) is 39.6. The van der Waals surface area contributed by atoms with Crippen LogP contribution in [0.3, 0.4) is 0 Å². The largest absolute Gasteiger partial charge is 0.315 e. The lowest BCUT2D eigenvalue weighted by atomic mass is 9.99. The van der Waals surface area contributed by atoms with Gasteiger partial charge in [0.05, 0.1) is 26.8 Å². The van der Waals surface area contributed by atoms with Crippen molar-refractivity contribution in [3.05, 3.63) is 159 Å². The molecular weight excluding hydrogens is 806 g/mol. The van der Waals surface area contributed by atoms with Crippen LogP contribution in [0.25, 0.3) is 32.1 Å². The van der Waals surface area contributed by atoms with Gasteiger partial charge < -0.3 is 10.6 Å². The van der Waals surface area contributed by atoms with E-state index < -0.39 is 46.5 Å². The van der Waals surface area contributed by atoms with Crippen LogP contribution in [-0.4, -0.2) is 26.8 Å². The first-order valence-electron chi connectivity index (χ1n) is 18.3. The number of rotatable bonds is 5. The Hall–Kier alpha value is -5.76. The van der Waals surface area contributed by atoms with Crippen molar-refractivity contribution >= 4 is 58.3 Å². The first kappa shape index (κ1) is 40.4. The topological polar surface area (TPSA) is 96.9 Å². The maximum atomic E-state index is 13.9. The number of hydrogen-bond donors (Lipinski definition) is 2. The molecule has 3 aromatic heterocycles. The standard InChI is InChI=1S/C24H17F2N3OS.C20H16F2N2OS.ClH/c25-17-6-4-7-18(26)21(17)29-23(30)24-28-20-9-3-5-14-10-11-15(13-16(14)22(20)31-24)19-8-1-2-12-27-19;1-11-8-9-12-4-2-7-16-18(13(12)10-11)26-20(23-16)19(25)24-17-14(21)5-3-6-15(17)22;/h1-2,4,6-8,10-13H,3,5,9H2,(H,29,30);3,5-6,8-10H,2,4,7H2,1H3,(H,24,25);1H. The molecule has 294 valence electrons. The fourth-order valence-corrected chi connectivity index (χ4v) is 9.05. The molecule has 9 rings (SSSR count). The molecule has 2 amide bonds. The summed E-state index contributed by atoms with van der Waals surface area (Å²) < 4.78 is 55.4. The predicted molar refractivity (Wildman–Crippen MR) is 223 cm³/mol. The molecule has 0 saturated carbocycles. The van der Waals surface area contributed by atoms with Gasteiger partial charge >= 0.3 is 0 Å². The maximum Gasteiger partial charge on any atom is 0.284 e. The molecule has 0 aliphatic heterocycles. The highest BCUT2D eigenvalue weighted by atomic mass is 35.5. The van der Waals surface area contributed by atoms with Crippen LogP contribution in [0, 0.1) is 30.2 Å². The molecule has 0 fully saturated rings. The first-order valence-corrected chi connectivity index (χ1v) is 19.9. The van der Waals surface area contributed by atoms with Gasteiger partial charge in [-0.05, 0) is 110 Å². The molecule has 0 bridgehead atoms. The number of pyridine rings is 1. The first-order chi connectivity index (χ1) is 27.6. The van der Waals surface area contributed by atoms with Crippen LogP contribution in [0.4, 0.5) is 28.9 Å². The van der Waals surface area contributed by atoms with Crippen LogP contribution in [0.5, 0.6) is 0 Å². The van der Waals surface area contributed by atoms with E-state index in [1.807, 2.05) is 25.1 Å². The molecular formula is C44H34ClF4N5O2S2. The smallest absolute Gasteiger partial charge is 0.284 e. The number of para-hydroxylation sites is 2. The van der Waals surface area contributed by atoms with Gasteiger partial charge in [-0.3, -0.25) is 14.6 Å². The summed E-state index contributed by atoms with van der Waals surface area (Å²) >= 11 is 2.52. The summed E-state index contributed by atoms with van der Waals surface area (Å²) in [6, 6.07) is 25.2. The van der Waals surface area contributed by atoms with Crippen LogP contribution in [0.1, 0.15) is 60.5 Å². The average Bonchev–Trinajstić information content (AvgIpc) is 3.75. The number of thiazole rings is 2. The minimum absolute atomic E-state index is 0. The highest BCUT2D eigenvalue weighted by Gasteiger charge is 2.25. The molecule has 2 N–H and O–H groups in total. The third kappa shape index (κ3) is 8.43. The molecule has 0 atom stereocenters. The number of benzene rings is 4. The predicted octanol–water partition coefficient (Wildman–Crippen LogP) is 11.5. The van der Waals surface area contributed by atoms with E-state index in [1.165, 1.54) is 45.9 Å². The number of anilines is 2. The van der Waals surface area contributed by atoms with Crippen LogP contribution >= 0.6 is 35.1 Å². The Morgan fingerprint density at radius 3 is 1.60 bits per heavy atom. The number of nitrogens with one attached hydrogen (secondary N) is 2. The number of fused-ring (bicyclic) bond motifs is 6. The van der Waals surface area contributed by atoms with Gasteiger partial charge in [0, 0.05) is 11.8 Å². The second-order valence-corrected chi connectivity index (χ2v) is 15.6. The van der Waals surface area contributed by atoms with Crippen molar-refractivity contribution in [2.75, 3.05) is 10.6 Å². The van der Waals surface area contributed by atoms with Crippen molar-refractivity contribution in [2.45, 2.75) is 45.4 Å². The summed E-state index contributed by atoms with van der Waals surface area (Å²) in [5.74, 6) is -4.48. The number of aromatic nitrogens is 3. The lowest BCUT2D eigenvalue weighted by Crippen LogP contribution is -2.14. The summed E-state index contributed by atoms with van der Waals surface area (Å²) in [5, 5.41) is 5.04. The number of halogens is 5. The quantitative estimate of drug-likeness (QED) is 0.168. The number of carbonyl (C=O) groups is 2. The second-order valence-electron chi connectivity index (χ2n) is 13.6. The Bertz CT molecular complexity index is 2630. The summed E-state index contributed by atoms with van der Waals surface area (Å²) in [4.78, 5) is 40.5. The van der Waals surface area contributed by atoms with E-state index in [-0.39, 0.29) is 22.4 Å². The van der Waals surface area contributed by atoms with E-state index in [0.717, 1.165) is 112 Å². The number of carbonyl (C=O) groups excluding carboxylic acids is 2. The molecule has 7 aromatic rings. The van der Waals surface area contributed by atoms with E-state index >= 15 is 0 Å². The molecule has 14 heteroatoms. The van der Waals surface area contributed by atoms with Gasteiger partial charge in [-0.25, -0.2) is 27.5 Å². The van der Waals surface area contributed by atoms with E-state index in [0.29, 0.717) is 0 Å². The van der Waals surface area contributed by atoms with Crippen molar-refractivity contribution in [2.24, 2.45) is 0 Å². The summed E-state index contributed by atoms with van der Waals surface area (Å²) in [7, 11) is 0. The third-order valence-corrected chi connectivity index (χ3v) is 12.0. The average molecular weight is 840 g/mol.